The molecule has 1 aromatic heterocycles. The zero-order chi connectivity index (χ0) is 14.2. The number of aliphatic hydroxyl groups excluding tert-OH is 4. The van der Waals surface area contributed by atoms with Gasteiger partial charge in [-0.3, -0.25) is 14.3 Å². The normalized spacial score (nSPS) is 35.3. The van der Waals surface area contributed by atoms with E-state index >= 15 is 0 Å². The van der Waals surface area contributed by atoms with E-state index in [1.807, 2.05) is 4.98 Å². The van der Waals surface area contributed by atoms with E-state index in [0.29, 0.717) is 0 Å². The number of hydrogen-bond donors (Lipinski definition) is 5. The largest absolute Gasteiger partial charge is 0.394 e. The molecule has 9 heteroatoms. The molecule has 2 heterocycles. The van der Waals surface area contributed by atoms with E-state index in [0.717, 1.165) is 16.8 Å². The molecule has 106 valence electrons. The predicted molar refractivity (Wildman–Crippen MR) is 60.3 cm³/mol. The maximum Gasteiger partial charge on any atom is 0.330 e. The van der Waals surface area contributed by atoms with Crippen molar-refractivity contribution in [3.63, 3.8) is 0 Å². The third-order valence-corrected chi connectivity index (χ3v) is 2.99. The Labute approximate surface area is 106 Å². The number of nitrogens with zero attached hydrogens (tertiary/aromatic N) is 1. The molecule has 0 amide bonds. The van der Waals surface area contributed by atoms with Crippen molar-refractivity contribution < 1.29 is 25.2 Å². The summed E-state index contributed by atoms with van der Waals surface area (Å²) in [7, 11) is 0. The summed E-state index contributed by atoms with van der Waals surface area (Å²) in [6, 6.07) is 1.04. The van der Waals surface area contributed by atoms with Crippen LogP contribution in [0.15, 0.2) is 21.9 Å². The Morgan fingerprint density at radius 1 is 1.21 bits per heavy atom. The van der Waals surface area contributed by atoms with Crippen LogP contribution in [0.4, 0.5) is 0 Å². The summed E-state index contributed by atoms with van der Waals surface area (Å²) in [6.45, 7) is -0.598. The SMILES string of the molecule is O=c1ccn(C2O[C@H](CO)[C@H](O)[C@H](O)[C@H]2O)c(=O)[nH]1. The van der Waals surface area contributed by atoms with Gasteiger partial charge in [-0.05, 0) is 0 Å². The van der Waals surface area contributed by atoms with Crippen molar-refractivity contribution in [1.82, 2.24) is 9.55 Å². The van der Waals surface area contributed by atoms with Crippen LogP contribution in [0.25, 0.3) is 0 Å². The molecule has 9 nitrogen and oxygen atoms in total. The molecule has 1 unspecified atom stereocenters. The number of nitrogens with one attached hydrogen (secondary N) is 1. The molecule has 1 saturated heterocycles. The summed E-state index contributed by atoms with van der Waals surface area (Å²) >= 11 is 0. The fraction of sp³-hybridized carbons (Fsp3) is 0.600. The molecule has 1 fully saturated rings. The van der Waals surface area contributed by atoms with Crippen LogP contribution >= 0.6 is 0 Å². The molecule has 0 aliphatic carbocycles. The average molecular weight is 274 g/mol. The van der Waals surface area contributed by atoms with Crippen LogP contribution in [-0.4, -0.2) is 61.0 Å². The first-order chi connectivity index (χ1) is 8.95. The smallest absolute Gasteiger partial charge is 0.330 e. The second-order valence-corrected chi connectivity index (χ2v) is 4.24. The summed E-state index contributed by atoms with van der Waals surface area (Å²) in [5, 5.41) is 38.0. The van der Waals surface area contributed by atoms with E-state index in [1.165, 1.54) is 0 Å². The van der Waals surface area contributed by atoms with Gasteiger partial charge in [0.15, 0.2) is 6.23 Å². The number of H-pyrrole nitrogens is 1. The van der Waals surface area contributed by atoms with E-state index in [-0.39, 0.29) is 0 Å². The maximum atomic E-state index is 11.6. The Kier molecular flexibility index (Phi) is 3.83. The number of ether oxygens (including phenoxy) is 1. The summed E-state index contributed by atoms with van der Waals surface area (Å²) in [5.41, 5.74) is -1.46. The Hall–Kier alpha value is -1.52. The van der Waals surface area contributed by atoms with E-state index in [4.69, 9.17) is 9.84 Å². The molecule has 5 atom stereocenters. The second kappa shape index (κ2) is 5.23. The van der Waals surface area contributed by atoms with Crippen LogP contribution in [-0.2, 0) is 4.74 Å². The van der Waals surface area contributed by atoms with Gasteiger partial charge in [0, 0.05) is 12.3 Å². The van der Waals surface area contributed by atoms with Crippen LogP contribution in [0.2, 0.25) is 0 Å². The molecular formula is C10H14N2O7. The third-order valence-electron chi connectivity index (χ3n) is 2.99. The lowest BCUT2D eigenvalue weighted by molar-refractivity contribution is -0.252. The summed E-state index contributed by atoms with van der Waals surface area (Å²) < 4.78 is 6.03. The van der Waals surface area contributed by atoms with Gasteiger partial charge in [0.05, 0.1) is 6.61 Å². The van der Waals surface area contributed by atoms with Crippen molar-refractivity contribution in [3.8, 4) is 0 Å². The minimum Gasteiger partial charge on any atom is -0.394 e. The molecule has 1 aliphatic heterocycles. The quantitative estimate of drug-likeness (QED) is 0.376. The molecule has 0 radical (unpaired) electrons. The predicted octanol–water partition coefficient (Wildman–Crippen LogP) is -3.49. The van der Waals surface area contributed by atoms with Crippen molar-refractivity contribution in [2.75, 3.05) is 6.61 Å². The molecule has 2 rings (SSSR count). The van der Waals surface area contributed by atoms with Crippen LogP contribution < -0.4 is 11.2 Å². The zero-order valence-electron chi connectivity index (χ0n) is 9.71. The molecule has 0 bridgehead atoms. The molecular weight excluding hydrogens is 260 g/mol. The Bertz CT molecular complexity index is 551. The van der Waals surface area contributed by atoms with Gasteiger partial charge < -0.3 is 25.2 Å². The van der Waals surface area contributed by atoms with Gasteiger partial charge in [-0.15, -0.1) is 0 Å². The highest BCUT2D eigenvalue weighted by atomic mass is 16.6. The fourth-order valence-corrected chi connectivity index (χ4v) is 1.94. The van der Waals surface area contributed by atoms with Crippen LogP contribution in [0.5, 0.6) is 0 Å². The zero-order valence-corrected chi connectivity index (χ0v) is 9.71. The second-order valence-electron chi connectivity index (χ2n) is 4.24. The van der Waals surface area contributed by atoms with E-state index in [2.05, 4.69) is 0 Å². The van der Waals surface area contributed by atoms with Crippen molar-refractivity contribution >= 4 is 0 Å². The highest BCUT2D eigenvalue weighted by Gasteiger charge is 2.44. The number of rotatable bonds is 2. The molecule has 0 aromatic carbocycles. The third kappa shape index (κ3) is 2.46. The first-order valence-corrected chi connectivity index (χ1v) is 5.57. The van der Waals surface area contributed by atoms with E-state index in [9.17, 15) is 24.9 Å². The molecule has 5 N–H and O–H groups in total. The number of aromatic amines is 1. The number of aliphatic hydroxyl groups is 4. The van der Waals surface area contributed by atoms with Gasteiger partial charge in [-0.25, -0.2) is 4.79 Å². The number of hydrogen-bond acceptors (Lipinski definition) is 7. The molecule has 19 heavy (non-hydrogen) atoms. The van der Waals surface area contributed by atoms with Gasteiger partial charge in [0.2, 0.25) is 0 Å². The topological polar surface area (TPSA) is 145 Å². The molecule has 0 spiro atoms. The standard InChI is InChI=1S/C10H14N2O7/c13-3-4-6(15)7(16)8(17)9(19-4)12-2-1-5(14)11-10(12)18/h1-2,4,6-9,13,15-17H,3H2,(H,11,14,18)/t4-,6+,7+,8-,9?/m1/s1. The van der Waals surface area contributed by atoms with Gasteiger partial charge in [-0.2, -0.15) is 0 Å². The van der Waals surface area contributed by atoms with E-state index < -0.39 is 48.5 Å². The average Bonchev–Trinajstić information content (AvgIpc) is 2.38. The first-order valence-electron chi connectivity index (χ1n) is 5.57. The highest BCUT2D eigenvalue weighted by Crippen LogP contribution is 2.26. The van der Waals surface area contributed by atoms with Gasteiger partial charge in [0.1, 0.15) is 24.4 Å². The highest BCUT2D eigenvalue weighted by molar-refractivity contribution is 4.93. The Morgan fingerprint density at radius 2 is 1.89 bits per heavy atom. The lowest BCUT2D eigenvalue weighted by Crippen LogP contribution is -2.57. The minimum atomic E-state index is -1.59. The van der Waals surface area contributed by atoms with Crippen molar-refractivity contribution in [3.05, 3.63) is 33.1 Å². The monoisotopic (exact) mass is 274 g/mol. The van der Waals surface area contributed by atoms with Gasteiger partial charge in [-0.1, -0.05) is 0 Å². The first kappa shape index (κ1) is 13.9. The van der Waals surface area contributed by atoms with Gasteiger partial charge in [0.25, 0.3) is 5.56 Å². The Balaban J connectivity index is 2.38. The van der Waals surface area contributed by atoms with E-state index in [1.54, 1.807) is 0 Å². The summed E-state index contributed by atoms with van der Waals surface area (Å²) in [5.74, 6) is 0. The summed E-state index contributed by atoms with van der Waals surface area (Å²) in [6.07, 6.45) is -6.03. The summed E-state index contributed by atoms with van der Waals surface area (Å²) in [4.78, 5) is 24.5. The fourth-order valence-electron chi connectivity index (χ4n) is 1.94. The van der Waals surface area contributed by atoms with Crippen molar-refractivity contribution in [1.29, 1.82) is 0 Å². The maximum absolute atomic E-state index is 11.6. The molecule has 0 saturated carbocycles. The molecule has 1 aromatic rings. The Morgan fingerprint density at radius 3 is 2.47 bits per heavy atom. The van der Waals surface area contributed by atoms with Crippen LogP contribution in [0, 0.1) is 0 Å². The van der Waals surface area contributed by atoms with Crippen molar-refractivity contribution in [2.45, 2.75) is 30.6 Å². The van der Waals surface area contributed by atoms with Crippen LogP contribution in [0.1, 0.15) is 6.23 Å². The lowest BCUT2D eigenvalue weighted by Gasteiger charge is -2.40. The number of aromatic nitrogens is 2. The lowest BCUT2D eigenvalue weighted by atomic mass is 9.98. The minimum absolute atomic E-state index is 0.598. The van der Waals surface area contributed by atoms with Crippen LogP contribution in [0.3, 0.4) is 0 Å². The van der Waals surface area contributed by atoms with Gasteiger partial charge >= 0.3 is 5.69 Å². The molecule has 1 aliphatic rings. The van der Waals surface area contributed by atoms with Crippen molar-refractivity contribution in [2.24, 2.45) is 0 Å².